The Labute approximate surface area is 181 Å². The number of carbonyl (C=O) groups is 2. The largest absolute Gasteiger partial charge is 0.352 e. The van der Waals surface area contributed by atoms with Gasteiger partial charge in [-0.1, -0.05) is 6.92 Å². The molecule has 4 rings (SSSR count). The molecule has 3 aliphatic carbocycles. The highest BCUT2D eigenvalue weighted by Gasteiger charge is 2.34. The van der Waals surface area contributed by atoms with Gasteiger partial charge in [0, 0.05) is 23.8 Å². The van der Waals surface area contributed by atoms with E-state index in [4.69, 9.17) is 10.3 Å². The first kappa shape index (κ1) is 20.9. The maximum Gasteiger partial charge on any atom is 0.254 e. The number of aryl methyl sites for hydroxylation is 1. The molecule has 1 heterocycles. The van der Waals surface area contributed by atoms with Crippen LogP contribution in [0.2, 0.25) is 0 Å². The van der Waals surface area contributed by atoms with E-state index in [-0.39, 0.29) is 23.8 Å². The van der Waals surface area contributed by atoms with Crippen molar-refractivity contribution in [3.05, 3.63) is 16.0 Å². The number of nitrogens with one attached hydrogen (secondary N) is 3. The number of aliphatic imine (C=N–C) groups is 1. The minimum absolute atomic E-state index is 0.0304. The number of thiophene rings is 1. The van der Waals surface area contributed by atoms with E-state index in [9.17, 15) is 9.59 Å². The summed E-state index contributed by atoms with van der Waals surface area (Å²) >= 11 is 1.55. The lowest BCUT2D eigenvalue weighted by atomic mass is 9.91. The van der Waals surface area contributed by atoms with Crippen LogP contribution in [0.3, 0.4) is 0 Å². The van der Waals surface area contributed by atoms with Crippen LogP contribution < -0.4 is 16.0 Å². The van der Waals surface area contributed by atoms with Crippen LogP contribution in [0.4, 0.5) is 5.00 Å². The molecular formula is C22H29N5O2S. The molecule has 1 atom stereocenters. The van der Waals surface area contributed by atoms with Gasteiger partial charge in [0.25, 0.3) is 5.91 Å². The van der Waals surface area contributed by atoms with Crippen molar-refractivity contribution in [2.75, 3.05) is 11.9 Å². The number of rotatable bonds is 8. The zero-order valence-electron chi connectivity index (χ0n) is 17.4. The summed E-state index contributed by atoms with van der Waals surface area (Å²) in [7, 11) is 0. The molecule has 3 aliphatic rings. The topological polar surface area (TPSA) is 106 Å². The first-order chi connectivity index (χ1) is 14.6. The van der Waals surface area contributed by atoms with E-state index in [2.05, 4.69) is 22.9 Å². The highest BCUT2D eigenvalue weighted by atomic mass is 32.1. The van der Waals surface area contributed by atoms with Gasteiger partial charge in [-0.05, 0) is 62.8 Å². The number of amidine groups is 1. The van der Waals surface area contributed by atoms with Crippen LogP contribution in [-0.4, -0.2) is 30.2 Å². The van der Waals surface area contributed by atoms with E-state index < -0.39 is 0 Å². The van der Waals surface area contributed by atoms with Gasteiger partial charge in [0.05, 0.1) is 11.6 Å². The number of nitrogens with zero attached hydrogens (tertiary/aromatic N) is 2. The van der Waals surface area contributed by atoms with Gasteiger partial charge in [-0.25, -0.2) is 0 Å². The van der Waals surface area contributed by atoms with E-state index in [1.54, 1.807) is 11.3 Å². The van der Waals surface area contributed by atoms with Gasteiger partial charge >= 0.3 is 0 Å². The fourth-order valence-electron chi connectivity index (χ4n) is 3.89. The molecule has 2 fully saturated rings. The molecule has 2 saturated carbocycles. The predicted octanol–water partition coefficient (Wildman–Crippen LogP) is 3.36. The molecule has 0 saturated heterocycles. The van der Waals surface area contributed by atoms with E-state index in [1.165, 1.54) is 17.7 Å². The van der Waals surface area contributed by atoms with Gasteiger partial charge < -0.3 is 10.6 Å². The summed E-state index contributed by atoms with van der Waals surface area (Å²) in [6.45, 7) is 2.76. The number of carbonyl (C=O) groups excluding carboxylic acids is 2. The van der Waals surface area contributed by atoms with Crippen LogP contribution >= 0.6 is 11.3 Å². The molecule has 1 aromatic heterocycles. The third kappa shape index (κ3) is 5.01. The third-order valence-corrected chi connectivity index (χ3v) is 7.13. The summed E-state index contributed by atoms with van der Waals surface area (Å²) in [5.74, 6) is 1.35. The Hall–Kier alpha value is -2.40. The van der Waals surface area contributed by atoms with Crippen molar-refractivity contribution < 1.29 is 9.59 Å². The lowest BCUT2D eigenvalue weighted by Crippen LogP contribution is -2.29. The molecule has 1 aromatic rings. The maximum atomic E-state index is 13.1. The number of fused-ring (bicyclic) bond motifs is 1. The number of hydrogen-bond donors (Lipinski definition) is 3. The second kappa shape index (κ2) is 9.17. The van der Waals surface area contributed by atoms with Crippen LogP contribution in [0, 0.1) is 23.3 Å². The van der Waals surface area contributed by atoms with E-state index in [1.807, 2.05) is 6.19 Å². The molecule has 0 unspecified atom stereocenters. The Morgan fingerprint density at radius 1 is 1.23 bits per heavy atom. The molecule has 30 heavy (non-hydrogen) atoms. The SMILES string of the molecule is CCCC(=N[C@H]1CCc2sc(NC(=O)C3CC3)c(C(=O)NCC3CC3)c2C1)NC#N. The second-order valence-corrected chi connectivity index (χ2v) is 9.69. The van der Waals surface area contributed by atoms with Crippen molar-refractivity contribution in [2.45, 2.75) is 70.8 Å². The van der Waals surface area contributed by atoms with Gasteiger partial charge in [0.1, 0.15) is 10.8 Å². The standard InChI is InChI=1S/C22H29N5O2S/c1-2-3-18(25-12-23)26-15-8-9-17-16(10-15)19(21(29)24-11-13-4-5-13)22(30-17)27-20(28)14-6-7-14/h13-15H,2-11H2,1H3,(H,24,29)(H,25,26)(H,27,28)/t15-/m0/s1. The van der Waals surface area contributed by atoms with Gasteiger partial charge in [-0.2, -0.15) is 5.26 Å². The third-order valence-electron chi connectivity index (χ3n) is 5.92. The number of hydrogen-bond acceptors (Lipinski definition) is 5. The van der Waals surface area contributed by atoms with Crippen LogP contribution in [0.1, 0.15) is 72.7 Å². The lowest BCUT2D eigenvalue weighted by molar-refractivity contribution is -0.117. The molecule has 0 aromatic carbocycles. The zero-order chi connectivity index (χ0) is 21.1. The highest BCUT2D eigenvalue weighted by molar-refractivity contribution is 7.17. The Morgan fingerprint density at radius 2 is 2.03 bits per heavy atom. The van der Waals surface area contributed by atoms with Crippen LogP contribution in [-0.2, 0) is 17.6 Å². The molecular weight excluding hydrogens is 398 g/mol. The van der Waals surface area contributed by atoms with E-state index in [0.29, 0.717) is 35.3 Å². The normalized spacial score (nSPS) is 20.8. The van der Waals surface area contributed by atoms with Crippen LogP contribution in [0.5, 0.6) is 0 Å². The van der Waals surface area contributed by atoms with Crippen molar-refractivity contribution in [3.63, 3.8) is 0 Å². The van der Waals surface area contributed by atoms with E-state index in [0.717, 1.165) is 44.1 Å². The monoisotopic (exact) mass is 427 g/mol. The molecule has 7 nitrogen and oxygen atoms in total. The summed E-state index contributed by atoms with van der Waals surface area (Å²) in [6, 6.07) is 0.0384. The van der Waals surface area contributed by atoms with Gasteiger partial charge in [0.15, 0.2) is 6.19 Å². The highest BCUT2D eigenvalue weighted by Crippen LogP contribution is 2.40. The van der Waals surface area contributed by atoms with Crippen LogP contribution in [0.25, 0.3) is 0 Å². The maximum absolute atomic E-state index is 13.1. The summed E-state index contributed by atoms with van der Waals surface area (Å²) in [5.41, 5.74) is 1.65. The molecule has 0 radical (unpaired) electrons. The zero-order valence-corrected chi connectivity index (χ0v) is 18.2. The molecule has 160 valence electrons. The average molecular weight is 428 g/mol. The minimum atomic E-state index is -0.0842. The van der Waals surface area contributed by atoms with Crippen molar-refractivity contribution in [2.24, 2.45) is 16.8 Å². The summed E-state index contributed by atoms with van der Waals surface area (Å²) in [6.07, 6.45) is 10.2. The summed E-state index contributed by atoms with van der Waals surface area (Å²) in [5, 5.41) is 18.5. The van der Waals surface area contributed by atoms with Crippen molar-refractivity contribution >= 4 is 34.0 Å². The lowest BCUT2D eigenvalue weighted by Gasteiger charge is -2.21. The average Bonchev–Trinajstić information content (AvgIpc) is 3.63. The predicted molar refractivity (Wildman–Crippen MR) is 118 cm³/mol. The second-order valence-electron chi connectivity index (χ2n) is 8.58. The van der Waals surface area contributed by atoms with Crippen molar-refractivity contribution in [3.8, 4) is 6.19 Å². The van der Waals surface area contributed by atoms with Crippen molar-refractivity contribution in [1.29, 1.82) is 5.26 Å². The first-order valence-corrected chi connectivity index (χ1v) is 11.9. The van der Waals surface area contributed by atoms with Gasteiger partial charge in [0.2, 0.25) is 5.91 Å². The molecule has 0 aliphatic heterocycles. The molecule has 0 bridgehead atoms. The Kier molecular flexibility index (Phi) is 6.38. The molecule has 3 N–H and O–H groups in total. The fourth-order valence-corrected chi connectivity index (χ4v) is 5.14. The summed E-state index contributed by atoms with van der Waals surface area (Å²) in [4.78, 5) is 31.4. The van der Waals surface area contributed by atoms with Gasteiger partial charge in [-0.15, -0.1) is 11.3 Å². The molecule has 2 amide bonds. The van der Waals surface area contributed by atoms with Gasteiger partial charge in [-0.3, -0.25) is 19.9 Å². The summed E-state index contributed by atoms with van der Waals surface area (Å²) < 4.78 is 0. The number of nitriles is 1. The minimum Gasteiger partial charge on any atom is -0.352 e. The first-order valence-electron chi connectivity index (χ1n) is 11.0. The Bertz CT molecular complexity index is 892. The fraction of sp³-hybridized carbons (Fsp3) is 0.636. The van der Waals surface area contributed by atoms with Crippen molar-refractivity contribution in [1.82, 2.24) is 10.6 Å². The van der Waals surface area contributed by atoms with E-state index >= 15 is 0 Å². The smallest absolute Gasteiger partial charge is 0.254 e. The molecule has 8 heteroatoms. The number of amides is 2. The van der Waals surface area contributed by atoms with Crippen LogP contribution in [0.15, 0.2) is 4.99 Å². The number of anilines is 1. The quantitative estimate of drug-likeness (QED) is 0.256. The Balaban J connectivity index is 1.57. The molecule has 0 spiro atoms. The Morgan fingerprint density at radius 3 is 2.70 bits per heavy atom.